The lowest BCUT2D eigenvalue weighted by molar-refractivity contribution is -0.0781. The maximum atomic E-state index is 6.07. The standard InChI is InChI=1S/C11H21N5O/c1-10(2)5-7(11(3,4)17-10)8(15-12)9-13-6-14-16-9/h6-8,15H,5,12H2,1-4H3,(H,13,14,16). The first-order valence-corrected chi connectivity index (χ1v) is 5.87. The molecule has 2 heterocycles. The number of rotatable bonds is 3. The summed E-state index contributed by atoms with van der Waals surface area (Å²) in [5, 5.41) is 6.75. The number of aromatic amines is 1. The molecule has 6 heteroatoms. The second-order valence-electron chi connectivity index (χ2n) is 5.79. The molecule has 0 radical (unpaired) electrons. The van der Waals surface area contributed by atoms with Crippen LogP contribution in [0.5, 0.6) is 0 Å². The van der Waals surface area contributed by atoms with E-state index in [0.29, 0.717) is 0 Å². The predicted octanol–water partition coefficient (Wildman–Crippen LogP) is 0.903. The number of nitrogens with one attached hydrogen (secondary N) is 2. The van der Waals surface area contributed by atoms with Crippen molar-refractivity contribution in [3.05, 3.63) is 12.2 Å². The van der Waals surface area contributed by atoms with Gasteiger partial charge in [-0.1, -0.05) is 0 Å². The van der Waals surface area contributed by atoms with Gasteiger partial charge in [-0.2, -0.15) is 5.10 Å². The van der Waals surface area contributed by atoms with Gasteiger partial charge in [0.15, 0.2) is 0 Å². The molecule has 2 rings (SSSR count). The third-order valence-corrected chi connectivity index (χ3v) is 3.45. The number of nitrogens with two attached hydrogens (primary N) is 1. The molecule has 2 unspecified atom stereocenters. The predicted molar refractivity (Wildman–Crippen MR) is 63.8 cm³/mol. The SMILES string of the molecule is CC1(C)CC(C(NN)c2ncn[nH]2)C(C)(C)O1. The van der Waals surface area contributed by atoms with E-state index in [4.69, 9.17) is 10.6 Å². The first-order chi connectivity index (χ1) is 7.86. The van der Waals surface area contributed by atoms with Crippen LogP contribution in [-0.2, 0) is 4.74 Å². The monoisotopic (exact) mass is 239 g/mol. The number of nitrogens with zero attached hydrogens (tertiary/aromatic N) is 2. The Labute approximate surface area is 101 Å². The summed E-state index contributed by atoms with van der Waals surface area (Å²) in [5.74, 6) is 6.66. The highest BCUT2D eigenvalue weighted by Gasteiger charge is 2.49. The zero-order valence-electron chi connectivity index (χ0n) is 10.8. The highest BCUT2D eigenvalue weighted by molar-refractivity contribution is 5.05. The van der Waals surface area contributed by atoms with Gasteiger partial charge in [0.2, 0.25) is 0 Å². The molecule has 0 aromatic carbocycles. The molecule has 1 aromatic heterocycles. The molecular formula is C11H21N5O. The van der Waals surface area contributed by atoms with E-state index in [1.54, 1.807) is 0 Å². The van der Waals surface area contributed by atoms with Crippen molar-refractivity contribution in [3.63, 3.8) is 0 Å². The Bertz CT molecular complexity index is 373. The molecule has 96 valence electrons. The Kier molecular flexibility index (Phi) is 2.97. The number of hydrogen-bond donors (Lipinski definition) is 3. The van der Waals surface area contributed by atoms with E-state index in [9.17, 15) is 0 Å². The lowest BCUT2D eigenvalue weighted by atomic mass is 9.81. The third kappa shape index (κ3) is 2.34. The number of aromatic nitrogens is 3. The molecule has 1 aliphatic rings. The molecule has 1 aromatic rings. The minimum absolute atomic E-state index is 0.0747. The Morgan fingerprint density at radius 2 is 2.24 bits per heavy atom. The number of hydrazine groups is 1. The molecule has 6 nitrogen and oxygen atoms in total. The molecule has 0 spiro atoms. The van der Waals surface area contributed by atoms with Gasteiger partial charge in [0.1, 0.15) is 12.2 Å². The topological polar surface area (TPSA) is 88.9 Å². The second-order valence-corrected chi connectivity index (χ2v) is 5.79. The van der Waals surface area contributed by atoms with E-state index < -0.39 is 0 Å². The number of hydrogen-bond acceptors (Lipinski definition) is 5. The van der Waals surface area contributed by atoms with Crippen molar-refractivity contribution in [2.75, 3.05) is 0 Å². The maximum absolute atomic E-state index is 6.07. The van der Waals surface area contributed by atoms with Crippen LogP contribution in [0.25, 0.3) is 0 Å². The minimum atomic E-state index is -0.243. The summed E-state index contributed by atoms with van der Waals surface area (Å²) in [7, 11) is 0. The molecular weight excluding hydrogens is 218 g/mol. The molecule has 1 fully saturated rings. The van der Waals surface area contributed by atoms with Crippen LogP contribution in [0.4, 0.5) is 0 Å². The van der Waals surface area contributed by atoms with Crippen LogP contribution in [0.3, 0.4) is 0 Å². The third-order valence-electron chi connectivity index (χ3n) is 3.45. The van der Waals surface area contributed by atoms with Gasteiger partial charge in [0.25, 0.3) is 0 Å². The van der Waals surface area contributed by atoms with Crippen LogP contribution >= 0.6 is 0 Å². The van der Waals surface area contributed by atoms with Gasteiger partial charge >= 0.3 is 0 Å². The fourth-order valence-electron chi connectivity index (χ4n) is 2.87. The number of ether oxygens (including phenoxy) is 1. The molecule has 0 aliphatic carbocycles. The van der Waals surface area contributed by atoms with Crippen LogP contribution < -0.4 is 11.3 Å². The summed E-state index contributed by atoms with van der Waals surface area (Å²) in [6.07, 6.45) is 2.42. The smallest absolute Gasteiger partial charge is 0.143 e. The lowest BCUT2D eigenvalue weighted by Crippen LogP contribution is -2.41. The lowest BCUT2D eigenvalue weighted by Gasteiger charge is -2.31. The van der Waals surface area contributed by atoms with Crippen LogP contribution in [-0.4, -0.2) is 26.4 Å². The summed E-state index contributed by atoms with van der Waals surface area (Å²) < 4.78 is 6.07. The van der Waals surface area contributed by atoms with E-state index in [-0.39, 0.29) is 23.2 Å². The van der Waals surface area contributed by atoms with Crippen molar-refractivity contribution >= 4 is 0 Å². The van der Waals surface area contributed by atoms with Gasteiger partial charge < -0.3 is 4.74 Å². The van der Waals surface area contributed by atoms with E-state index in [1.165, 1.54) is 6.33 Å². The summed E-state index contributed by atoms with van der Waals surface area (Å²) >= 11 is 0. The highest BCUT2D eigenvalue weighted by Crippen LogP contribution is 2.46. The van der Waals surface area contributed by atoms with Gasteiger partial charge in [-0.3, -0.25) is 10.9 Å². The first kappa shape index (κ1) is 12.5. The largest absolute Gasteiger partial charge is 0.369 e. The quantitative estimate of drug-likeness (QED) is 0.539. The zero-order chi connectivity index (χ0) is 12.7. The molecule has 0 amide bonds. The fourth-order valence-corrected chi connectivity index (χ4v) is 2.87. The van der Waals surface area contributed by atoms with Crippen molar-refractivity contribution in [2.24, 2.45) is 11.8 Å². The van der Waals surface area contributed by atoms with Gasteiger partial charge in [0.05, 0.1) is 17.2 Å². The highest BCUT2D eigenvalue weighted by atomic mass is 16.5. The van der Waals surface area contributed by atoms with E-state index in [1.807, 2.05) is 0 Å². The maximum Gasteiger partial charge on any atom is 0.143 e. The van der Waals surface area contributed by atoms with E-state index in [2.05, 4.69) is 48.3 Å². The molecule has 0 bridgehead atoms. The zero-order valence-corrected chi connectivity index (χ0v) is 10.8. The average molecular weight is 239 g/mol. The summed E-state index contributed by atoms with van der Waals surface area (Å²) in [4.78, 5) is 4.18. The molecule has 2 atom stereocenters. The second kappa shape index (κ2) is 4.04. The van der Waals surface area contributed by atoms with Gasteiger partial charge in [-0.15, -0.1) is 0 Å². The van der Waals surface area contributed by atoms with E-state index in [0.717, 1.165) is 12.2 Å². The minimum Gasteiger partial charge on any atom is -0.369 e. The summed E-state index contributed by atoms with van der Waals surface area (Å²) in [6, 6.07) is -0.0747. The van der Waals surface area contributed by atoms with Crippen molar-refractivity contribution < 1.29 is 4.74 Å². The Morgan fingerprint density at radius 1 is 1.53 bits per heavy atom. The van der Waals surface area contributed by atoms with Crippen LogP contribution in [0.15, 0.2) is 6.33 Å². The molecule has 0 saturated carbocycles. The van der Waals surface area contributed by atoms with Crippen molar-refractivity contribution in [1.82, 2.24) is 20.6 Å². The number of H-pyrrole nitrogens is 1. The molecule has 1 aliphatic heterocycles. The fraction of sp³-hybridized carbons (Fsp3) is 0.818. The Morgan fingerprint density at radius 3 is 2.65 bits per heavy atom. The van der Waals surface area contributed by atoms with Crippen LogP contribution in [0.2, 0.25) is 0 Å². The normalized spacial score (nSPS) is 28.2. The van der Waals surface area contributed by atoms with Crippen molar-refractivity contribution in [3.8, 4) is 0 Å². The van der Waals surface area contributed by atoms with Gasteiger partial charge in [-0.05, 0) is 34.1 Å². The van der Waals surface area contributed by atoms with Crippen molar-refractivity contribution in [1.29, 1.82) is 0 Å². The molecule has 4 N–H and O–H groups in total. The van der Waals surface area contributed by atoms with Crippen LogP contribution in [0, 0.1) is 5.92 Å². The summed E-state index contributed by atoms with van der Waals surface area (Å²) in [6.45, 7) is 8.38. The first-order valence-electron chi connectivity index (χ1n) is 5.87. The van der Waals surface area contributed by atoms with Gasteiger partial charge in [-0.25, -0.2) is 10.4 Å². The van der Waals surface area contributed by atoms with Crippen molar-refractivity contribution in [2.45, 2.75) is 51.4 Å². The summed E-state index contributed by atoms with van der Waals surface area (Å²) in [5.41, 5.74) is 2.45. The van der Waals surface area contributed by atoms with Crippen LogP contribution in [0.1, 0.15) is 46.0 Å². The Hall–Kier alpha value is -0.980. The molecule has 1 saturated heterocycles. The molecule has 17 heavy (non-hydrogen) atoms. The Balaban J connectivity index is 2.26. The average Bonchev–Trinajstić information content (AvgIpc) is 2.74. The van der Waals surface area contributed by atoms with E-state index >= 15 is 0 Å². The van der Waals surface area contributed by atoms with Gasteiger partial charge in [0, 0.05) is 5.92 Å².